The summed E-state index contributed by atoms with van der Waals surface area (Å²) in [7, 11) is 0. The molecule has 152 valence electrons. The van der Waals surface area contributed by atoms with Gasteiger partial charge in [-0.25, -0.2) is 0 Å². The number of nitrogens with zero attached hydrogens (tertiary/aromatic N) is 4. The summed E-state index contributed by atoms with van der Waals surface area (Å²) >= 11 is 0. The number of morpholine rings is 2. The van der Waals surface area contributed by atoms with Crippen LogP contribution < -0.4 is 5.32 Å². The average Bonchev–Trinajstić information content (AvgIpc) is 3.16. The third-order valence-corrected chi connectivity index (χ3v) is 5.36. The van der Waals surface area contributed by atoms with Crippen molar-refractivity contribution < 1.29 is 9.47 Å². The Labute approximate surface area is 175 Å². The van der Waals surface area contributed by atoms with Crippen molar-refractivity contribution in [3.05, 3.63) is 0 Å². The normalized spacial score (nSPS) is 26.0. The molecule has 0 bridgehead atoms. The summed E-state index contributed by atoms with van der Waals surface area (Å²) in [5, 5.41) is 3.49. The molecule has 1 N–H and O–H groups in total. The Morgan fingerprint density at radius 3 is 2.42 bits per heavy atom. The van der Waals surface area contributed by atoms with E-state index in [4.69, 9.17) is 14.5 Å². The number of aliphatic imine (C=N–C) groups is 1. The third-order valence-electron chi connectivity index (χ3n) is 5.36. The van der Waals surface area contributed by atoms with Gasteiger partial charge in [-0.2, -0.15) is 0 Å². The van der Waals surface area contributed by atoms with E-state index in [9.17, 15) is 0 Å². The van der Waals surface area contributed by atoms with Crippen molar-refractivity contribution in [1.29, 1.82) is 0 Å². The van der Waals surface area contributed by atoms with Crippen molar-refractivity contribution in [3.8, 4) is 0 Å². The molecule has 1 atom stereocenters. The number of nitrogens with one attached hydrogen (secondary N) is 1. The first-order chi connectivity index (χ1) is 12.4. The van der Waals surface area contributed by atoms with Crippen LogP contribution in [0, 0.1) is 0 Å². The van der Waals surface area contributed by atoms with Crippen LogP contribution >= 0.6 is 24.0 Å². The first-order valence-corrected chi connectivity index (χ1v) is 10.0. The van der Waals surface area contributed by atoms with Gasteiger partial charge in [0.1, 0.15) is 0 Å². The van der Waals surface area contributed by atoms with Gasteiger partial charge in [-0.15, -0.1) is 24.0 Å². The molecular weight excluding hydrogens is 445 g/mol. The standard InChI is InChI=1S/C18H35N5O2.HI/c1-2-19-18(20-5-3-6-21-8-12-24-13-9-21)23-7-4-17(16-23)22-10-14-25-15-11-22;/h17H,2-16H2,1H3,(H,19,20);1H. The fraction of sp³-hybridized carbons (Fsp3) is 0.944. The summed E-state index contributed by atoms with van der Waals surface area (Å²) in [5.74, 6) is 1.10. The Morgan fingerprint density at radius 2 is 1.73 bits per heavy atom. The van der Waals surface area contributed by atoms with Gasteiger partial charge >= 0.3 is 0 Å². The number of guanidine groups is 1. The van der Waals surface area contributed by atoms with Gasteiger partial charge in [0, 0.05) is 64.9 Å². The number of ether oxygens (including phenoxy) is 2. The molecule has 3 fully saturated rings. The Hall–Kier alpha value is -0.160. The van der Waals surface area contributed by atoms with E-state index in [1.807, 2.05) is 0 Å². The number of halogens is 1. The Kier molecular flexibility index (Phi) is 10.5. The molecule has 3 saturated heterocycles. The molecule has 0 amide bonds. The van der Waals surface area contributed by atoms with Crippen LogP contribution in [0.4, 0.5) is 0 Å². The lowest BCUT2D eigenvalue weighted by molar-refractivity contribution is 0.0195. The van der Waals surface area contributed by atoms with E-state index in [2.05, 4.69) is 26.9 Å². The molecule has 3 aliphatic rings. The topological polar surface area (TPSA) is 52.6 Å². The van der Waals surface area contributed by atoms with E-state index in [1.165, 1.54) is 6.42 Å². The molecule has 0 aromatic heterocycles. The highest BCUT2D eigenvalue weighted by molar-refractivity contribution is 14.0. The molecular formula is C18H36IN5O2. The third kappa shape index (κ3) is 6.78. The van der Waals surface area contributed by atoms with Gasteiger partial charge in [0.2, 0.25) is 0 Å². The first kappa shape index (κ1) is 22.1. The number of hydrogen-bond donors (Lipinski definition) is 1. The zero-order valence-electron chi connectivity index (χ0n) is 16.2. The SMILES string of the molecule is CCNC(=NCCCN1CCOCC1)N1CCC(N2CCOCC2)C1.I. The second-order valence-electron chi connectivity index (χ2n) is 7.08. The van der Waals surface area contributed by atoms with Crippen LogP contribution in [0.2, 0.25) is 0 Å². The molecule has 0 aromatic carbocycles. The summed E-state index contributed by atoms with van der Waals surface area (Å²) in [6, 6.07) is 0.654. The van der Waals surface area contributed by atoms with Crippen LogP contribution in [0.25, 0.3) is 0 Å². The molecule has 7 nitrogen and oxygen atoms in total. The van der Waals surface area contributed by atoms with Crippen LogP contribution in [0.1, 0.15) is 19.8 Å². The van der Waals surface area contributed by atoms with Gasteiger partial charge in [-0.3, -0.25) is 14.8 Å². The van der Waals surface area contributed by atoms with Crippen molar-refractivity contribution in [2.75, 3.05) is 85.3 Å². The fourth-order valence-corrected chi connectivity index (χ4v) is 3.90. The maximum absolute atomic E-state index is 5.48. The molecule has 0 saturated carbocycles. The van der Waals surface area contributed by atoms with Crippen LogP contribution in [-0.2, 0) is 9.47 Å². The number of hydrogen-bond acceptors (Lipinski definition) is 5. The van der Waals surface area contributed by atoms with Crippen LogP contribution in [0.15, 0.2) is 4.99 Å². The second kappa shape index (κ2) is 12.3. The predicted octanol–water partition coefficient (Wildman–Crippen LogP) is 0.699. The molecule has 0 spiro atoms. The lowest BCUT2D eigenvalue weighted by Crippen LogP contribution is -2.46. The van der Waals surface area contributed by atoms with E-state index in [1.54, 1.807) is 0 Å². The molecule has 0 aliphatic carbocycles. The molecule has 8 heteroatoms. The van der Waals surface area contributed by atoms with E-state index >= 15 is 0 Å². The maximum atomic E-state index is 5.48. The highest BCUT2D eigenvalue weighted by Crippen LogP contribution is 2.17. The van der Waals surface area contributed by atoms with Crippen LogP contribution in [-0.4, -0.2) is 112 Å². The van der Waals surface area contributed by atoms with Crippen LogP contribution in [0.3, 0.4) is 0 Å². The van der Waals surface area contributed by atoms with E-state index in [0.717, 1.165) is 97.7 Å². The van der Waals surface area contributed by atoms with E-state index in [-0.39, 0.29) is 24.0 Å². The van der Waals surface area contributed by atoms with E-state index < -0.39 is 0 Å². The molecule has 1 unspecified atom stereocenters. The molecule has 26 heavy (non-hydrogen) atoms. The highest BCUT2D eigenvalue weighted by atomic mass is 127. The molecule has 0 aromatic rings. The molecule has 3 heterocycles. The van der Waals surface area contributed by atoms with Gasteiger partial charge in [-0.05, 0) is 19.8 Å². The lowest BCUT2D eigenvalue weighted by Gasteiger charge is -2.32. The first-order valence-electron chi connectivity index (χ1n) is 10.0. The average molecular weight is 481 g/mol. The van der Waals surface area contributed by atoms with Gasteiger partial charge < -0.3 is 19.7 Å². The predicted molar refractivity (Wildman–Crippen MR) is 116 cm³/mol. The summed E-state index contributed by atoms with van der Waals surface area (Å²) < 4.78 is 10.9. The summed E-state index contributed by atoms with van der Waals surface area (Å²) in [5.41, 5.74) is 0. The molecule has 0 radical (unpaired) electrons. The number of likely N-dealkylation sites (tertiary alicyclic amines) is 1. The largest absolute Gasteiger partial charge is 0.379 e. The highest BCUT2D eigenvalue weighted by Gasteiger charge is 2.30. The van der Waals surface area contributed by atoms with Crippen molar-refractivity contribution in [2.45, 2.75) is 25.8 Å². The zero-order chi connectivity index (χ0) is 17.3. The van der Waals surface area contributed by atoms with Gasteiger partial charge in [0.05, 0.1) is 26.4 Å². The number of rotatable bonds is 6. The summed E-state index contributed by atoms with van der Waals surface area (Å²) in [4.78, 5) is 12.4. The van der Waals surface area contributed by atoms with Crippen molar-refractivity contribution in [1.82, 2.24) is 20.0 Å². The summed E-state index contributed by atoms with van der Waals surface area (Å²) in [6.45, 7) is 15.1. The smallest absolute Gasteiger partial charge is 0.193 e. The van der Waals surface area contributed by atoms with Crippen LogP contribution in [0.5, 0.6) is 0 Å². The van der Waals surface area contributed by atoms with Gasteiger partial charge in [-0.1, -0.05) is 0 Å². The van der Waals surface area contributed by atoms with Crippen molar-refractivity contribution >= 4 is 29.9 Å². The van der Waals surface area contributed by atoms with Gasteiger partial charge in [0.25, 0.3) is 0 Å². The Morgan fingerprint density at radius 1 is 1.04 bits per heavy atom. The second-order valence-corrected chi connectivity index (χ2v) is 7.08. The lowest BCUT2D eigenvalue weighted by atomic mass is 10.2. The Balaban J connectivity index is 0.00000243. The molecule has 3 aliphatic heterocycles. The minimum atomic E-state index is 0. The summed E-state index contributed by atoms with van der Waals surface area (Å²) in [6.07, 6.45) is 2.35. The van der Waals surface area contributed by atoms with Gasteiger partial charge in [0.15, 0.2) is 5.96 Å². The van der Waals surface area contributed by atoms with Crippen molar-refractivity contribution in [3.63, 3.8) is 0 Å². The van der Waals surface area contributed by atoms with Crippen molar-refractivity contribution in [2.24, 2.45) is 4.99 Å². The van der Waals surface area contributed by atoms with E-state index in [0.29, 0.717) is 6.04 Å². The fourth-order valence-electron chi connectivity index (χ4n) is 3.90. The quantitative estimate of drug-likeness (QED) is 0.261. The minimum absolute atomic E-state index is 0. The monoisotopic (exact) mass is 481 g/mol. The zero-order valence-corrected chi connectivity index (χ0v) is 18.5. The Bertz CT molecular complexity index is 414. The maximum Gasteiger partial charge on any atom is 0.193 e. The minimum Gasteiger partial charge on any atom is -0.379 e. The molecule has 3 rings (SSSR count).